The Hall–Kier alpha value is -0.120. The van der Waals surface area contributed by atoms with E-state index in [2.05, 4.69) is 10.3 Å². The van der Waals surface area contributed by atoms with Crippen LogP contribution in [0.25, 0.3) is 0 Å². The Morgan fingerprint density at radius 1 is 1.75 bits per heavy atom. The van der Waals surface area contributed by atoms with Crippen molar-refractivity contribution < 1.29 is 9.94 Å². The van der Waals surface area contributed by atoms with Crippen LogP contribution in [0.1, 0.15) is 6.92 Å². The van der Waals surface area contributed by atoms with Crippen LogP contribution in [-0.4, -0.2) is 25.4 Å². The van der Waals surface area contributed by atoms with Gasteiger partial charge in [-0.1, -0.05) is 6.92 Å². The first-order valence-electron chi connectivity index (χ1n) is 2.68. The van der Waals surface area contributed by atoms with Gasteiger partial charge in [0.2, 0.25) is 0 Å². The van der Waals surface area contributed by atoms with E-state index in [1.54, 1.807) is 7.11 Å². The van der Waals surface area contributed by atoms with Gasteiger partial charge in [0.05, 0.1) is 7.11 Å². The monoisotopic (exact) mass is 119 g/mol. The van der Waals surface area contributed by atoms with Gasteiger partial charge in [0.1, 0.15) is 0 Å². The van der Waals surface area contributed by atoms with Crippen molar-refractivity contribution in [1.82, 2.24) is 5.48 Å². The summed E-state index contributed by atoms with van der Waals surface area (Å²) in [7, 11) is 1.56. The van der Waals surface area contributed by atoms with Gasteiger partial charge in [-0.25, -0.2) is 5.48 Å². The predicted molar refractivity (Wildman–Crippen MR) is 31.3 cm³/mol. The molecule has 0 saturated carbocycles. The molecule has 0 heterocycles. The zero-order valence-electron chi connectivity index (χ0n) is 5.35. The molecular weight excluding hydrogens is 106 g/mol. The lowest BCUT2D eigenvalue weighted by molar-refractivity contribution is 0.0724. The quantitative estimate of drug-likeness (QED) is 0.502. The van der Waals surface area contributed by atoms with Gasteiger partial charge in [-0.2, -0.15) is 0 Å². The average Bonchev–Trinajstić information content (AvgIpc) is 1.83. The molecule has 3 nitrogen and oxygen atoms in total. The van der Waals surface area contributed by atoms with Gasteiger partial charge in [0.25, 0.3) is 0 Å². The van der Waals surface area contributed by atoms with Crippen LogP contribution in [0, 0.1) is 5.92 Å². The summed E-state index contributed by atoms with van der Waals surface area (Å²) in [6.45, 7) is 2.84. The molecule has 0 aliphatic heterocycles. The molecule has 1 unspecified atom stereocenters. The summed E-state index contributed by atoms with van der Waals surface area (Å²) >= 11 is 0. The van der Waals surface area contributed by atoms with Crippen molar-refractivity contribution in [2.75, 3.05) is 20.3 Å². The lowest BCUT2D eigenvalue weighted by atomic mass is 10.2. The third kappa shape index (κ3) is 4.05. The standard InChI is InChI=1S/C5H13NO2/c1-5(4-7)3-6-8-2/h5-7H,3-4H2,1-2H3. The fraction of sp³-hybridized carbons (Fsp3) is 1.00. The van der Waals surface area contributed by atoms with Crippen LogP contribution in [0.5, 0.6) is 0 Å². The molecule has 0 fully saturated rings. The lowest BCUT2D eigenvalue weighted by Gasteiger charge is -2.05. The maximum atomic E-state index is 8.47. The molecule has 0 saturated heterocycles. The van der Waals surface area contributed by atoms with Crippen molar-refractivity contribution in [3.05, 3.63) is 0 Å². The van der Waals surface area contributed by atoms with E-state index in [0.29, 0.717) is 6.54 Å². The Labute approximate surface area is 49.6 Å². The van der Waals surface area contributed by atoms with Crippen molar-refractivity contribution in [2.24, 2.45) is 5.92 Å². The molecule has 0 radical (unpaired) electrons. The van der Waals surface area contributed by atoms with Crippen LogP contribution < -0.4 is 5.48 Å². The van der Waals surface area contributed by atoms with Crippen molar-refractivity contribution >= 4 is 0 Å². The van der Waals surface area contributed by atoms with Gasteiger partial charge in [0, 0.05) is 13.2 Å². The molecule has 8 heavy (non-hydrogen) atoms. The van der Waals surface area contributed by atoms with Crippen LogP contribution >= 0.6 is 0 Å². The van der Waals surface area contributed by atoms with Crippen LogP contribution in [-0.2, 0) is 4.84 Å². The second-order valence-electron chi connectivity index (χ2n) is 1.84. The Morgan fingerprint density at radius 2 is 2.38 bits per heavy atom. The predicted octanol–water partition coefficient (Wildman–Crippen LogP) is -0.234. The van der Waals surface area contributed by atoms with Crippen LogP contribution in [0.3, 0.4) is 0 Å². The van der Waals surface area contributed by atoms with Gasteiger partial charge in [-0.3, -0.25) is 0 Å². The van der Waals surface area contributed by atoms with Gasteiger partial charge >= 0.3 is 0 Å². The molecule has 0 amide bonds. The number of hydroxylamine groups is 1. The molecule has 1 atom stereocenters. The van der Waals surface area contributed by atoms with E-state index in [4.69, 9.17) is 5.11 Å². The molecular formula is C5H13NO2. The molecule has 0 spiro atoms. The highest BCUT2D eigenvalue weighted by molar-refractivity contribution is 4.47. The Bertz CT molecular complexity index is 49.7. The normalized spacial score (nSPS) is 13.9. The Morgan fingerprint density at radius 3 is 2.75 bits per heavy atom. The van der Waals surface area contributed by atoms with Gasteiger partial charge in [0.15, 0.2) is 0 Å². The zero-order chi connectivity index (χ0) is 6.41. The first kappa shape index (κ1) is 7.88. The zero-order valence-corrected chi connectivity index (χ0v) is 5.35. The highest BCUT2D eigenvalue weighted by Gasteiger charge is 1.95. The topological polar surface area (TPSA) is 41.5 Å². The first-order valence-corrected chi connectivity index (χ1v) is 2.68. The van der Waals surface area contributed by atoms with Crippen molar-refractivity contribution in [1.29, 1.82) is 0 Å². The highest BCUT2D eigenvalue weighted by Crippen LogP contribution is 1.86. The molecule has 3 heteroatoms. The van der Waals surface area contributed by atoms with E-state index < -0.39 is 0 Å². The van der Waals surface area contributed by atoms with Gasteiger partial charge in [-0.15, -0.1) is 0 Å². The van der Waals surface area contributed by atoms with Crippen LogP contribution in [0.4, 0.5) is 0 Å². The second kappa shape index (κ2) is 5.03. The van der Waals surface area contributed by atoms with Crippen molar-refractivity contribution in [3.8, 4) is 0 Å². The number of hydrogen-bond donors (Lipinski definition) is 2. The average molecular weight is 119 g/mol. The minimum atomic E-state index is 0.205. The number of aliphatic hydroxyl groups excluding tert-OH is 1. The highest BCUT2D eigenvalue weighted by atomic mass is 16.6. The lowest BCUT2D eigenvalue weighted by Crippen LogP contribution is -2.21. The number of nitrogens with one attached hydrogen (secondary N) is 1. The summed E-state index contributed by atoms with van der Waals surface area (Å²) in [6, 6.07) is 0. The largest absolute Gasteiger partial charge is 0.396 e. The Balaban J connectivity index is 2.86. The molecule has 0 aromatic carbocycles. The van der Waals surface area contributed by atoms with E-state index in [1.165, 1.54) is 0 Å². The molecule has 0 aliphatic rings. The Kier molecular flexibility index (Phi) is 4.95. The summed E-state index contributed by atoms with van der Waals surface area (Å²) in [5.41, 5.74) is 2.64. The molecule has 50 valence electrons. The van der Waals surface area contributed by atoms with Crippen molar-refractivity contribution in [3.63, 3.8) is 0 Å². The number of rotatable bonds is 4. The fourth-order valence-corrected chi connectivity index (χ4v) is 0.290. The van der Waals surface area contributed by atoms with E-state index in [9.17, 15) is 0 Å². The number of aliphatic hydroxyl groups is 1. The third-order valence-electron chi connectivity index (χ3n) is 0.888. The SMILES string of the molecule is CONCC(C)CO. The minimum absolute atomic E-state index is 0.205. The van der Waals surface area contributed by atoms with Gasteiger partial charge < -0.3 is 9.94 Å². The summed E-state index contributed by atoms with van der Waals surface area (Å²) in [4.78, 5) is 4.55. The molecule has 0 aromatic rings. The number of hydrogen-bond acceptors (Lipinski definition) is 3. The van der Waals surface area contributed by atoms with E-state index >= 15 is 0 Å². The third-order valence-corrected chi connectivity index (χ3v) is 0.888. The molecule has 2 N–H and O–H groups in total. The van der Waals surface area contributed by atoms with E-state index in [0.717, 1.165) is 0 Å². The van der Waals surface area contributed by atoms with Crippen LogP contribution in [0.15, 0.2) is 0 Å². The molecule has 0 rings (SSSR count). The van der Waals surface area contributed by atoms with Crippen molar-refractivity contribution in [2.45, 2.75) is 6.92 Å². The fourth-order valence-electron chi connectivity index (χ4n) is 0.290. The molecule has 0 aromatic heterocycles. The molecule has 0 bridgehead atoms. The summed E-state index contributed by atoms with van der Waals surface area (Å²) < 4.78 is 0. The minimum Gasteiger partial charge on any atom is -0.396 e. The maximum Gasteiger partial charge on any atom is 0.0572 e. The summed E-state index contributed by atoms with van der Waals surface area (Å²) in [5, 5.41) is 8.47. The summed E-state index contributed by atoms with van der Waals surface area (Å²) in [6.07, 6.45) is 0. The smallest absolute Gasteiger partial charge is 0.0572 e. The first-order chi connectivity index (χ1) is 3.81. The van der Waals surface area contributed by atoms with E-state index in [-0.39, 0.29) is 12.5 Å². The summed E-state index contributed by atoms with van der Waals surface area (Å²) in [5.74, 6) is 0.273. The second-order valence-corrected chi connectivity index (χ2v) is 1.84. The molecule has 0 aliphatic carbocycles. The van der Waals surface area contributed by atoms with Gasteiger partial charge in [-0.05, 0) is 5.92 Å². The maximum absolute atomic E-state index is 8.47. The van der Waals surface area contributed by atoms with E-state index in [1.807, 2.05) is 6.92 Å². The van der Waals surface area contributed by atoms with Crippen LogP contribution in [0.2, 0.25) is 0 Å².